The molecule has 0 aliphatic rings. The van der Waals surface area contributed by atoms with Crippen LogP contribution >= 0.6 is 0 Å². The third-order valence-corrected chi connectivity index (χ3v) is 0.845. The first kappa shape index (κ1) is 9.85. The van der Waals surface area contributed by atoms with Crippen LogP contribution in [0.3, 0.4) is 0 Å². The molecule has 10 heavy (non-hydrogen) atoms. The number of hydrogen-bond acceptors (Lipinski definition) is 2. The van der Waals surface area contributed by atoms with Gasteiger partial charge in [0.15, 0.2) is 0 Å². The first-order valence-electron chi connectivity index (χ1n) is 3.33. The van der Waals surface area contributed by atoms with E-state index in [0.29, 0.717) is 0 Å². The zero-order valence-electron chi connectivity index (χ0n) is 6.89. The molecule has 0 saturated heterocycles. The molecular formula is C7H15FO2. The molecule has 0 aromatic heterocycles. The Hall–Kier alpha value is -0.150. The normalized spacial score (nSPS) is 18.6. The van der Waals surface area contributed by atoms with Crippen molar-refractivity contribution in [2.24, 2.45) is 0 Å². The summed E-state index contributed by atoms with van der Waals surface area (Å²) in [6.07, 6.45) is -2.64. The van der Waals surface area contributed by atoms with Gasteiger partial charge < -0.3 is 9.84 Å². The fourth-order valence-corrected chi connectivity index (χ4v) is 0.436. The number of aliphatic hydroxyl groups is 1. The highest BCUT2D eigenvalue weighted by atomic mass is 19.1. The predicted octanol–water partition coefficient (Wildman–Crippen LogP) is 1.48. The average Bonchev–Trinajstić information content (AvgIpc) is 1.60. The van der Waals surface area contributed by atoms with Crippen LogP contribution in [0.1, 0.15) is 27.7 Å². The van der Waals surface area contributed by atoms with Gasteiger partial charge in [-0.05, 0) is 27.7 Å². The lowest BCUT2D eigenvalue weighted by molar-refractivity contribution is -0.166. The van der Waals surface area contributed by atoms with E-state index in [-0.39, 0.29) is 0 Å². The first-order valence-corrected chi connectivity index (χ1v) is 3.33. The van der Waals surface area contributed by atoms with E-state index in [1.807, 2.05) is 0 Å². The first-order chi connectivity index (χ1) is 4.33. The van der Waals surface area contributed by atoms with Crippen LogP contribution in [0.4, 0.5) is 4.39 Å². The summed E-state index contributed by atoms with van der Waals surface area (Å²) in [6.45, 7) is 6.57. The van der Waals surface area contributed by atoms with Crippen LogP contribution in [0.2, 0.25) is 0 Å². The van der Waals surface area contributed by atoms with Gasteiger partial charge in [-0.1, -0.05) is 0 Å². The van der Waals surface area contributed by atoms with Crippen LogP contribution in [-0.4, -0.2) is 23.2 Å². The van der Waals surface area contributed by atoms with Gasteiger partial charge in [0.2, 0.25) is 6.36 Å². The molecule has 0 heterocycles. The van der Waals surface area contributed by atoms with E-state index in [2.05, 4.69) is 0 Å². The summed E-state index contributed by atoms with van der Waals surface area (Å²) in [5, 5.41) is 8.68. The van der Waals surface area contributed by atoms with Gasteiger partial charge >= 0.3 is 0 Å². The molecule has 2 unspecified atom stereocenters. The summed E-state index contributed by atoms with van der Waals surface area (Å²) < 4.78 is 17.3. The topological polar surface area (TPSA) is 29.5 Å². The fourth-order valence-electron chi connectivity index (χ4n) is 0.436. The van der Waals surface area contributed by atoms with Crippen molar-refractivity contribution in [2.75, 3.05) is 0 Å². The van der Waals surface area contributed by atoms with E-state index in [1.165, 1.54) is 6.92 Å². The van der Waals surface area contributed by atoms with Crippen molar-refractivity contribution < 1.29 is 14.2 Å². The van der Waals surface area contributed by atoms with Crippen molar-refractivity contribution in [1.29, 1.82) is 0 Å². The van der Waals surface area contributed by atoms with E-state index in [1.54, 1.807) is 20.8 Å². The summed E-state index contributed by atoms with van der Waals surface area (Å²) in [5.74, 6) is 0. The molecule has 0 aromatic carbocycles. The van der Waals surface area contributed by atoms with Gasteiger partial charge in [-0.15, -0.1) is 0 Å². The van der Waals surface area contributed by atoms with Gasteiger partial charge in [0, 0.05) is 0 Å². The van der Waals surface area contributed by atoms with Gasteiger partial charge in [0.05, 0.1) is 5.60 Å². The van der Waals surface area contributed by atoms with Crippen LogP contribution < -0.4 is 0 Å². The Morgan fingerprint density at radius 2 is 1.80 bits per heavy atom. The second-order valence-electron chi connectivity index (χ2n) is 3.32. The van der Waals surface area contributed by atoms with Crippen molar-refractivity contribution in [2.45, 2.75) is 45.8 Å². The van der Waals surface area contributed by atoms with E-state index in [9.17, 15) is 4.39 Å². The summed E-state index contributed by atoms with van der Waals surface area (Å²) >= 11 is 0. The third-order valence-electron chi connectivity index (χ3n) is 0.845. The zero-order chi connectivity index (χ0) is 8.36. The Morgan fingerprint density at radius 1 is 1.40 bits per heavy atom. The number of aliphatic hydroxyl groups excluding tert-OH is 1. The molecule has 0 amide bonds. The molecule has 62 valence electrons. The summed E-state index contributed by atoms with van der Waals surface area (Å²) in [5.41, 5.74) is -0.531. The highest BCUT2D eigenvalue weighted by Gasteiger charge is 2.21. The Morgan fingerprint density at radius 3 is 1.90 bits per heavy atom. The molecule has 0 aliphatic heterocycles. The molecule has 2 nitrogen and oxygen atoms in total. The molecule has 0 radical (unpaired) electrons. The van der Waals surface area contributed by atoms with E-state index >= 15 is 0 Å². The molecule has 0 rings (SSSR count). The second-order valence-corrected chi connectivity index (χ2v) is 3.32. The van der Waals surface area contributed by atoms with Crippen LogP contribution in [0.5, 0.6) is 0 Å². The number of rotatable bonds is 2. The van der Waals surface area contributed by atoms with Gasteiger partial charge in [-0.2, -0.15) is 0 Å². The molecule has 3 heteroatoms. The van der Waals surface area contributed by atoms with Crippen molar-refractivity contribution in [3.8, 4) is 0 Å². The number of halogens is 1. The quantitative estimate of drug-likeness (QED) is 0.646. The van der Waals surface area contributed by atoms with Gasteiger partial charge in [-0.25, -0.2) is 4.39 Å². The molecule has 0 bridgehead atoms. The zero-order valence-corrected chi connectivity index (χ0v) is 6.89. The summed E-state index contributed by atoms with van der Waals surface area (Å²) in [4.78, 5) is 0. The predicted molar refractivity (Wildman–Crippen MR) is 37.4 cm³/mol. The maximum atomic E-state index is 12.5. The minimum Gasteiger partial charge on any atom is -0.388 e. The van der Waals surface area contributed by atoms with Gasteiger partial charge in [-0.3, -0.25) is 0 Å². The number of alkyl halides is 1. The van der Waals surface area contributed by atoms with Crippen LogP contribution in [0.15, 0.2) is 0 Å². The standard InChI is InChI=1S/C7H15FO2/c1-5(9)6(8)10-7(2,3)4/h5-6,9H,1-4H3. The summed E-state index contributed by atoms with van der Waals surface area (Å²) in [6, 6.07) is 0. The molecule has 1 N–H and O–H groups in total. The molecule has 0 aliphatic carbocycles. The number of hydrogen-bond donors (Lipinski definition) is 1. The largest absolute Gasteiger partial charge is 0.388 e. The lowest BCUT2D eigenvalue weighted by Crippen LogP contribution is -2.31. The summed E-state index contributed by atoms with van der Waals surface area (Å²) in [7, 11) is 0. The van der Waals surface area contributed by atoms with Crippen molar-refractivity contribution in [1.82, 2.24) is 0 Å². The van der Waals surface area contributed by atoms with Crippen molar-refractivity contribution in [3.05, 3.63) is 0 Å². The number of ether oxygens (including phenoxy) is 1. The molecule has 0 aromatic rings. The maximum Gasteiger partial charge on any atom is 0.225 e. The average molecular weight is 150 g/mol. The molecule has 2 atom stereocenters. The lowest BCUT2D eigenvalue weighted by atomic mass is 10.2. The highest BCUT2D eigenvalue weighted by molar-refractivity contribution is 4.62. The minimum atomic E-state index is -1.58. The van der Waals surface area contributed by atoms with Crippen molar-refractivity contribution >= 4 is 0 Å². The van der Waals surface area contributed by atoms with Crippen LogP contribution in [-0.2, 0) is 4.74 Å². The Kier molecular flexibility index (Phi) is 3.25. The smallest absolute Gasteiger partial charge is 0.225 e. The Labute approximate surface area is 61.0 Å². The van der Waals surface area contributed by atoms with Crippen LogP contribution in [0, 0.1) is 0 Å². The Bertz CT molecular complexity index is 96.3. The van der Waals surface area contributed by atoms with E-state index in [4.69, 9.17) is 9.84 Å². The van der Waals surface area contributed by atoms with E-state index in [0.717, 1.165) is 0 Å². The SMILES string of the molecule is CC(O)C(F)OC(C)(C)C. The molecule has 0 saturated carbocycles. The maximum absolute atomic E-state index is 12.5. The monoisotopic (exact) mass is 150 g/mol. The Balaban J connectivity index is 3.68. The lowest BCUT2D eigenvalue weighted by Gasteiger charge is -2.23. The van der Waals surface area contributed by atoms with Gasteiger partial charge in [0.1, 0.15) is 6.10 Å². The highest BCUT2D eigenvalue weighted by Crippen LogP contribution is 2.13. The van der Waals surface area contributed by atoms with Gasteiger partial charge in [0.25, 0.3) is 0 Å². The minimum absolute atomic E-state index is 0.531. The van der Waals surface area contributed by atoms with Crippen LogP contribution in [0.25, 0.3) is 0 Å². The molecule has 0 spiro atoms. The fraction of sp³-hybridized carbons (Fsp3) is 1.00. The van der Waals surface area contributed by atoms with Crippen molar-refractivity contribution in [3.63, 3.8) is 0 Å². The van der Waals surface area contributed by atoms with E-state index < -0.39 is 18.1 Å². The molecular weight excluding hydrogens is 135 g/mol. The molecule has 0 fully saturated rings. The third kappa shape index (κ3) is 4.70. The second kappa shape index (κ2) is 3.30.